The van der Waals surface area contributed by atoms with Crippen molar-refractivity contribution in [1.82, 2.24) is 4.90 Å². The van der Waals surface area contributed by atoms with Gasteiger partial charge in [-0.1, -0.05) is 31.2 Å². The second-order valence-electron chi connectivity index (χ2n) is 7.99. The molecule has 2 aliphatic heterocycles. The van der Waals surface area contributed by atoms with E-state index in [4.69, 9.17) is 4.74 Å². The van der Waals surface area contributed by atoms with Crippen LogP contribution in [-0.2, 0) is 20.7 Å². The van der Waals surface area contributed by atoms with Crippen LogP contribution in [0.2, 0.25) is 0 Å². The highest BCUT2D eigenvalue weighted by molar-refractivity contribution is 6.46. The second kappa shape index (κ2) is 8.92. The molecule has 8 heteroatoms. The first-order valence-corrected chi connectivity index (χ1v) is 10.6. The highest BCUT2D eigenvalue weighted by Crippen LogP contribution is 2.40. The number of carbonyl (C=O) groups is 2. The smallest absolute Gasteiger partial charge is 0.295 e. The van der Waals surface area contributed by atoms with E-state index in [0.717, 1.165) is 24.8 Å². The monoisotopic (exact) mass is 436 g/mol. The number of carbonyl (C=O) groups excluding carboxylic acids is 2. The van der Waals surface area contributed by atoms with E-state index < -0.39 is 22.7 Å². The molecule has 2 unspecified atom stereocenters. The Morgan fingerprint density at radius 2 is 1.84 bits per heavy atom. The van der Waals surface area contributed by atoms with Crippen LogP contribution < -0.4 is 0 Å². The average Bonchev–Trinajstić information content (AvgIpc) is 3.41. The van der Waals surface area contributed by atoms with Crippen LogP contribution in [0.5, 0.6) is 0 Å². The Bertz CT molecular complexity index is 1070. The molecule has 0 aromatic heterocycles. The number of ether oxygens (including phenoxy) is 1. The van der Waals surface area contributed by atoms with Gasteiger partial charge in [0.25, 0.3) is 17.4 Å². The zero-order valence-electron chi connectivity index (χ0n) is 17.7. The first kappa shape index (κ1) is 21.7. The summed E-state index contributed by atoms with van der Waals surface area (Å²) in [6.07, 6.45) is 2.38. The van der Waals surface area contributed by atoms with E-state index >= 15 is 0 Å². The van der Waals surface area contributed by atoms with E-state index in [2.05, 4.69) is 0 Å². The minimum absolute atomic E-state index is 0.0221. The van der Waals surface area contributed by atoms with Crippen molar-refractivity contribution in [3.63, 3.8) is 0 Å². The molecule has 2 aromatic carbocycles. The quantitative estimate of drug-likeness (QED) is 0.243. The largest absolute Gasteiger partial charge is 0.507 e. The maximum Gasteiger partial charge on any atom is 0.295 e. The summed E-state index contributed by atoms with van der Waals surface area (Å²) in [5.74, 6) is -1.81. The molecule has 0 aliphatic carbocycles. The van der Waals surface area contributed by atoms with E-state index in [0.29, 0.717) is 12.2 Å². The van der Waals surface area contributed by atoms with Gasteiger partial charge in [-0.3, -0.25) is 19.7 Å². The lowest BCUT2D eigenvalue weighted by molar-refractivity contribution is -0.384. The number of likely N-dealkylation sites (tertiary alicyclic amines) is 1. The normalized spacial score (nSPS) is 22.5. The lowest BCUT2D eigenvalue weighted by Gasteiger charge is -2.27. The molecule has 2 heterocycles. The van der Waals surface area contributed by atoms with Gasteiger partial charge in [0, 0.05) is 30.8 Å². The van der Waals surface area contributed by atoms with Crippen LogP contribution in [0.15, 0.2) is 54.1 Å². The van der Waals surface area contributed by atoms with Crippen molar-refractivity contribution in [1.29, 1.82) is 0 Å². The number of ketones is 1. The number of aliphatic hydroxyl groups is 1. The number of nitrogens with zero attached hydrogens (tertiary/aromatic N) is 2. The van der Waals surface area contributed by atoms with Gasteiger partial charge in [-0.25, -0.2) is 0 Å². The molecule has 1 amide bonds. The lowest BCUT2D eigenvalue weighted by atomic mass is 9.94. The number of benzene rings is 2. The third-order valence-corrected chi connectivity index (χ3v) is 6.02. The van der Waals surface area contributed by atoms with Crippen LogP contribution >= 0.6 is 0 Å². The third kappa shape index (κ3) is 4.01. The van der Waals surface area contributed by atoms with Crippen molar-refractivity contribution in [3.8, 4) is 0 Å². The predicted octanol–water partition coefficient (Wildman–Crippen LogP) is 3.76. The highest BCUT2D eigenvalue weighted by Gasteiger charge is 2.47. The van der Waals surface area contributed by atoms with Crippen molar-refractivity contribution in [2.24, 2.45) is 0 Å². The van der Waals surface area contributed by atoms with Crippen molar-refractivity contribution in [2.45, 2.75) is 38.3 Å². The number of aliphatic hydroxyl groups excluding tert-OH is 1. The van der Waals surface area contributed by atoms with Crippen LogP contribution in [0, 0.1) is 10.1 Å². The summed E-state index contributed by atoms with van der Waals surface area (Å²) in [6.45, 7) is 2.90. The molecule has 0 saturated carbocycles. The van der Waals surface area contributed by atoms with Gasteiger partial charge in [0.05, 0.1) is 22.6 Å². The fourth-order valence-corrected chi connectivity index (χ4v) is 4.25. The Hall–Kier alpha value is -3.52. The van der Waals surface area contributed by atoms with Gasteiger partial charge in [-0.2, -0.15) is 0 Å². The summed E-state index contributed by atoms with van der Waals surface area (Å²) in [4.78, 5) is 37.9. The molecule has 0 radical (unpaired) electrons. The topological polar surface area (TPSA) is 110 Å². The molecule has 0 spiro atoms. The van der Waals surface area contributed by atoms with Gasteiger partial charge >= 0.3 is 0 Å². The number of non-ortho nitro benzene ring substituents is 1. The van der Waals surface area contributed by atoms with Gasteiger partial charge in [0.2, 0.25) is 0 Å². The molecule has 0 bridgehead atoms. The Morgan fingerprint density at radius 1 is 1.16 bits per heavy atom. The molecule has 8 nitrogen and oxygen atoms in total. The minimum Gasteiger partial charge on any atom is -0.507 e. The fraction of sp³-hybridized carbons (Fsp3) is 0.333. The fourth-order valence-electron chi connectivity index (χ4n) is 4.25. The molecule has 166 valence electrons. The van der Waals surface area contributed by atoms with Gasteiger partial charge in [-0.05, 0) is 42.5 Å². The number of Topliss-reactive ketones (excluding diaryl/α,β-unsaturated/α-hetero) is 1. The average molecular weight is 436 g/mol. The zero-order chi connectivity index (χ0) is 22.8. The summed E-state index contributed by atoms with van der Waals surface area (Å²) >= 11 is 0. The van der Waals surface area contributed by atoms with Gasteiger partial charge < -0.3 is 14.7 Å². The minimum atomic E-state index is -0.775. The summed E-state index contributed by atoms with van der Waals surface area (Å²) in [6, 6.07) is 12.1. The predicted molar refractivity (Wildman–Crippen MR) is 117 cm³/mol. The van der Waals surface area contributed by atoms with E-state index in [-0.39, 0.29) is 35.2 Å². The number of amides is 1. The van der Waals surface area contributed by atoms with E-state index in [9.17, 15) is 24.8 Å². The van der Waals surface area contributed by atoms with Crippen LogP contribution in [0.4, 0.5) is 5.69 Å². The van der Waals surface area contributed by atoms with Gasteiger partial charge in [0.1, 0.15) is 5.76 Å². The van der Waals surface area contributed by atoms with E-state index in [1.54, 1.807) is 0 Å². The molecule has 2 fully saturated rings. The van der Waals surface area contributed by atoms with Crippen molar-refractivity contribution >= 4 is 23.1 Å². The van der Waals surface area contributed by atoms with Crippen molar-refractivity contribution in [2.75, 3.05) is 13.2 Å². The Kier molecular flexibility index (Phi) is 6.05. The molecular weight excluding hydrogens is 412 g/mol. The molecule has 2 saturated heterocycles. The number of rotatable bonds is 6. The molecule has 4 rings (SSSR count). The van der Waals surface area contributed by atoms with Crippen LogP contribution in [-0.4, -0.2) is 45.9 Å². The number of hydrogen-bond acceptors (Lipinski definition) is 6. The maximum atomic E-state index is 13.0. The number of aryl methyl sites for hydroxylation is 1. The third-order valence-electron chi connectivity index (χ3n) is 6.02. The van der Waals surface area contributed by atoms with Gasteiger partial charge in [0.15, 0.2) is 0 Å². The molecule has 32 heavy (non-hydrogen) atoms. The highest BCUT2D eigenvalue weighted by atomic mass is 16.6. The Morgan fingerprint density at radius 3 is 2.41 bits per heavy atom. The maximum absolute atomic E-state index is 13.0. The summed E-state index contributed by atoms with van der Waals surface area (Å²) < 4.78 is 5.69. The SMILES string of the molecule is CCc1ccc(C2/C(=C(/O)c3ccc([N+](=O)[O-])cc3)C(=O)C(=O)N2CC2CCCO2)cc1. The number of nitro groups is 1. The van der Waals surface area contributed by atoms with Gasteiger partial charge in [-0.15, -0.1) is 0 Å². The zero-order valence-corrected chi connectivity index (χ0v) is 17.7. The van der Waals surface area contributed by atoms with E-state index in [1.807, 2.05) is 31.2 Å². The van der Waals surface area contributed by atoms with Crippen LogP contribution in [0.25, 0.3) is 5.76 Å². The van der Waals surface area contributed by atoms with Crippen molar-refractivity contribution in [3.05, 3.63) is 80.9 Å². The van der Waals surface area contributed by atoms with Crippen LogP contribution in [0.1, 0.15) is 42.5 Å². The second-order valence-corrected chi connectivity index (χ2v) is 7.99. The first-order chi connectivity index (χ1) is 15.4. The van der Waals surface area contributed by atoms with E-state index in [1.165, 1.54) is 29.2 Å². The number of hydrogen-bond donors (Lipinski definition) is 1. The lowest BCUT2D eigenvalue weighted by Crippen LogP contribution is -2.36. The number of nitro benzene ring substituents is 1. The molecule has 2 aromatic rings. The Balaban J connectivity index is 1.79. The Labute approximate surface area is 185 Å². The standard InChI is InChI=1S/C24H24N2O6/c1-2-15-5-7-16(8-6-15)21-20(22(27)17-9-11-18(12-10-17)26(30)31)23(28)24(29)25(21)14-19-4-3-13-32-19/h5-12,19,21,27H,2-4,13-14H2,1H3/b22-20-. The molecule has 2 aliphatic rings. The van der Waals surface area contributed by atoms with Crippen molar-refractivity contribution < 1.29 is 24.4 Å². The molecular formula is C24H24N2O6. The molecule has 2 atom stereocenters. The first-order valence-electron chi connectivity index (χ1n) is 10.6. The summed E-state index contributed by atoms with van der Waals surface area (Å²) in [5.41, 5.74) is 1.90. The summed E-state index contributed by atoms with van der Waals surface area (Å²) in [5, 5.41) is 22.0. The summed E-state index contributed by atoms with van der Waals surface area (Å²) in [7, 11) is 0. The molecule has 1 N–H and O–H groups in total. The van der Waals surface area contributed by atoms with Crippen LogP contribution in [0.3, 0.4) is 0 Å².